The second kappa shape index (κ2) is 9.20. The molecule has 5 nitrogen and oxygen atoms in total. The van der Waals surface area contributed by atoms with E-state index >= 15 is 0 Å². The van der Waals surface area contributed by atoms with Crippen LogP contribution in [-0.4, -0.2) is 60.5 Å². The van der Waals surface area contributed by atoms with Crippen molar-refractivity contribution in [3.63, 3.8) is 0 Å². The highest BCUT2D eigenvalue weighted by Gasteiger charge is 2.19. The van der Waals surface area contributed by atoms with E-state index in [0.717, 1.165) is 60.1 Å². The van der Waals surface area contributed by atoms with Gasteiger partial charge in [0.1, 0.15) is 10.8 Å². The molecule has 0 saturated carbocycles. The molecule has 1 saturated heterocycles. The van der Waals surface area contributed by atoms with E-state index in [2.05, 4.69) is 28.1 Å². The summed E-state index contributed by atoms with van der Waals surface area (Å²) >= 11 is 1.61. The van der Waals surface area contributed by atoms with Crippen LogP contribution in [0.4, 0.5) is 0 Å². The van der Waals surface area contributed by atoms with E-state index in [1.54, 1.807) is 24.5 Å². The highest BCUT2D eigenvalue weighted by Crippen LogP contribution is 2.22. The SMILES string of the molecule is COc1ccc(CCN2CCN(C(=O)/C=C/c3nc4ccccc4s3)CC2)cc1. The summed E-state index contributed by atoms with van der Waals surface area (Å²) in [5.41, 5.74) is 2.29. The lowest BCUT2D eigenvalue weighted by Gasteiger charge is -2.34. The number of hydrogen-bond acceptors (Lipinski definition) is 5. The number of aromatic nitrogens is 1. The smallest absolute Gasteiger partial charge is 0.246 e. The third-order valence-electron chi connectivity index (χ3n) is 5.24. The molecule has 4 rings (SSSR count). The second-order valence-corrected chi connectivity index (χ2v) is 8.18. The Morgan fingerprint density at radius 2 is 1.86 bits per heavy atom. The number of fused-ring (bicyclic) bond motifs is 1. The molecule has 150 valence electrons. The summed E-state index contributed by atoms with van der Waals surface area (Å²) in [6, 6.07) is 16.3. The maximum absolute atomic E-state index is 12.5. The number of ether oxygens (including phenoxy) is 1. The lowest BCUT2D eigenvalue weighted by molar-refractivity contribution is -0.127. The zero-order valence-electron chi connectivity index (χ0n) is 16.6. The van der Waals surface area contributed by atoms with Crippen LogP contribution in [-0.2, 0) is 11.2 Å². The van der Waals surface area contributed by atoms with Gasteiger partial charge in [-0.15, -0.1) is 11.3 Å². The van der Waals surface area contributed by atoms with Crippen LogP contribution in [0.5, 0.6) is 5.75 Å². The first-order valence-corrected chi connectivity index (χ1v) is 10.7. The molecule has 0 unspecified atom stereocenters. The number of methoxy groups -OCH3 is 1. The molecule has 1 aliphatic rings. The van der Waals surface area contributed by atoms with Gasteiger partial charge in [0.2, 0.25) is 5.91 Å². The molecule has 0 aliphatic carbocycles. The number of piperazine rings is 1. The first kappa shape index (κ1) is 19.6. The Labute approximate surface area is 175 Å². The van der Waals surface area contributed by atoms with Crippen molar-refractivity contribution in [1.29, 1.82) is 0 Å². The first-order valence-electron chi connectivity index (χ1n) is 9.89. The molecule has 0 spiro atoms. The van der Waals surface area contributed by atoms with Gasteiger partial charge in [0, 0.05) is 38.8 Å². The van der Waals surface area contributed by atoms with E-state index < -0.39 is 0 Å². The van der Waals surface area contributed by atoms with Crippen molar-refractivity contribution < 1.29 is 9.53 Å². The summed E-state index contributed by atoms with van der Waals surface area (Å²) in [6.07, 6.45) is 4.50. The van der Waals surface area contributed by atoms with E-state index in [4.69, 9.17) is 4.74 Å². The van der Waals surface area contributed by atoms with Gasteiger partial charge in [0.15, 0.2) is 0 Å². The predicted octanol–water partition coefficient (Wildman–Crippen LogP) is 3.71. The topological polar surface area (TPSA) is 45.7 Å². The number of para-hydroxylation sites is 1. The Kier molecular flexibility index (Phi) is 6.22. The Morgan fingerprint density at radius 1 is 1.10 bits per heavy atom. The number of hydrogen-bond donors (Lipinski definition) is 0. The molecule has 0 atom stereocenters. The molecule has 0 radical (unpaired) electrons. The van der Waals surface area contributed by atoms with Crippen molar-refractivity contribution in [3.05, 3.63) is 65.2 Å². The quantitative estimate of drug-likeness (QED) is 0.585. The second-order valence-electron chi connectivity index (χ2n) is 7.12. The van der Waals surface area contributed by atoms with Crippen LogP contribution in [0.15, 0.2) is 54.6 Å². The van der Waals surface area contributed by atoms with Gasteiger partial charge in [-0.2, -0.15) is 0 Å². The van der Waals surface area contributed by atoms with Crippen LogP contribution >= 0.6 is 11.3 Å². The summed E-state index contributed by atoms with van der Waals surface area (Å²) in [5, 5.41) is 0.873. The van der Waals surface area contributed by atoms with Crippen molar-refractivity contribution in [3.8, 4) is 5.75 Å². The lowest BCUT2D eigenvalue weighted by Crippen LogP contribution is -2.48. The van der Waals surface area contributed by atoms with Gasteiger partial charge in [-0.1, -0.05) is 24.3 Å². The van der Waals surface area contributed by atoms with E-state index in [1.807, 2.05) is 41.3 Å². The molecule has 1 aliphatic heterocycles. The van der Waals surface area contributed by atoms with Crippen LogP contribution in [0.2, 0.25) is 0 Å². The maximum atomic E-state index is 12.5. The van der Waals surface area contributed by atoms with Crippen molar-refractivity contribution >= 4 is 33.5 Å². The fourth-order valence-corrected chi connectivity index (χ4v) is 4.35. The number of benzene rings is 2. The molecule has 0 N–H and O–H groups in total. The Morgan fingerprint density at radius 3 is 2.59 bits per heavy atom. The fraction of sp³-hybridized carbons (Fsp3) is 0.304. The first-order chi connectivity index (χ1) is 14.2. The largest absolute Gasteiger partial charge is 0.497 e. The highest BCUT2D eigenvalue weighted by atomic mass is 32.1. The van der Waals surface area contributed by atoms with Gasteiger partial charge in [-0.3, -0.25) is 9.69 Å². The molecule has 1 amide bonds. The Hall–Kier alpha value is -2.70. The number of carbonyl (C=O) groups excluding carboxylic acids is 1. The molecule has 3 aromatic rings. The summed E-state index contributed by atoms with van der Waals surface area (Å²) in [5.74, 6) is 0.957. The zero-order valence-corrected chi connectivity index (χ0v) is 17.4. The van der Waals surface area contributed by atoms with Crippen LogP contribution in [0.1, 0.15) is 10.6 Å². The van der Waals surface area contributed by atoms with Crippen LogP contribution in [0.3, 0.4) is 0 Å². The third-order valence-corrected chi connectivity index (χ3v) is 6.24. The van der Waals surface area contributed by atoms with Gasteiger partial charge in [0.25, 0.3) is 0 Å². The Bertz CT molecular complexity index is 956. The molecular formula is C23H25N3O2S. The number of rotatable bonds is 6. The van der Waals surface area contributed by atoms with E-state index in [-0.39, 0.29) is 5.91 Å². The number of nitrogens with zero attached hydrogens (tertiary/aromatic N) is 3. The minimum atomic E-state index is 0.0686. The van der Waals surface area contributed by atoms with Gasteiger partial charge in [-0.05, 0) is 42.3 Å². The molecule has 2 aromatic carbocycles. The molecular weight excluding hydrogens is 382 g/mol. The van der Waals surface area contributed by atoms with E-state index in [9.17, 15) is 4.79 Å². The average molecular weight is 408 g/mol. The predicted molar refractivity (Wildman–Crippen MR) is 118 cm³/mol. The molecule has 2 heterocycles. The minimum absolute atomic E-state index is 0.0686. The lowest BCUT2D eigenvalue weighted by atomic mass is 10.1. The van der Waals surface area contributed by atoms with Gasteiger partial charge in [-0.25, -0.2) is 4.98 Å². The molecule has 1 fully saturated rings. The number of thiazole rings is 1. The Balaban J connectivity index is 1.24. The summed E-state index contributed by atoms with van der Waals surface area (Å²) in [4.78, 5) is 21.4. The van der Waals surface area contributed by atoms with Gasteiger partial charge in [0.05, 0.1) is 17.3 Å². The number of carbonyl (C=O) groups is 1. The molecule has 29 heavy (non-hydrogen) atoms. The van der Waals surface area contributed by atoms with Crippen LogP contribution in [0, 0.1) is 0 Å². The van der Waals surface area contributed by atoms with Gasteiger partial charge >= 0.3 is 0 Å². The van der Waals surface area contributed by atoms with E-state index in [1.165, 1.54) is 5.56 Å². The van der Waals surface area contributed by atoms with Crippen LogP contribution < -0.4 is 4.74 Å². The van der Waals surface area contributed by atoms with Gasteiger partial charge < -0.3 is 9.64 Å². The van der Waals surface area contributed by atoms with E-state index in [0.29, 0.717) is 0 Å². The summed E-state index contributed by atoms with van der Waals surface area (Å²) in [6.45, 7) is 4.38. The minimum Gasteiger partial charge on any atom is -0.497 e. The van der Waals surface area contributed by atoms with Crippen molar-refractivity contribution in [2.45, 2.75) is 6.42 Å². The molecule has 0 bridgehead atoms. The zero-order chi connectivity index (χ0) is 20.1. The van der Waals surface area contributed by atoms with Crippen LogP contribution in [0.25, 0.3) is 16.3 Å². The fourth-order valence-electron chi connectivity index (χ4n) is 3.48. The monoisotopic (exact) mass is 407 g/mol. The van der Waals surface area contributed by atoms with Crippen molar-refractivity contribution in [2.75, 3.05) is 39.8 Å². The normalized spacial score (nSPS) is 15.3. The summed E-state index contributed by atoms with van der Waals surface area (Å²) < 4.78 is 6.35. The highest BCUT2D eigenvalue weighted by molar-refractivity contribution is 7.19. The third kappa shape index (κ3) is 5.02. The van der Waals surface area contributed by atoms with Crippen molar-refractivity contribution in [1.82, 2.24) is 14.8 Å². The standard InChI is InChI=1S/C23H25N3O2S/c1-28-19-8-6-18(7-9-19)12-13-25-14-16-26(17-15-25)23(27)11-10-22-24-20-4-2-3-5-21(20)29-22/h2-11H,12-17H2,1H3/b11-10+. The average Bonchev–Trinajstić information content (AvgIpc) is 3.20. The van der Waals surface area contributed by atoms with Crippen molar-refractivity contribution in [2.24, 2.45) is 0 Å². The molecule has 6 heteroatoms. The molecule has 1 aromatic heterocycles. The number of amides is 1. The maximum Gasteiger partial charge on any atom is 0.246 e. The summed E-state index contributed by atoms with van der Waals surface area (Å²) in [7, 11) is 1.68.